The largest absolute Gasteiger partial charge is 0.573 e. The van der Waals surface area contributed by atoms with E-state index >= 15 is 0 Å². The molecule has 0 saturated heterocycles. The highest BCUT2D eigenvalue weighted by Crippen LogP contribution is 2.24. The molecule has 36 heavy (non-hydrogen) atoms. The fourth-order valence-corrected chi connectivity index (χ4v) is 3.82. The number of carbonyl (C=O) groups excluding carboxylic acids is 1. The Hall–Kier alpha value is -4.67. The summed E-state index contributed by atoms with van der Waals surface area (Å²) in [6, 6.07) is 19.6. The number of carbonyl (C=O) groups is 1. The molecular weight excluding hydrogens is 475 g/mol. The molecule has 1 N–H and O–H groups in total. The van der Waals surface area contributed by atoms with Gasteiger partial charge in [-0.25, -0.2) is 4.52 Å². The molecule has 0 aliphatic carbocycles. The van der Waals surface area contributed by atoms with Gasteiger partial charge < -0.3 is 10.1 Å². The number of halogens is 3. The monoisotopic (exact) mass is 493 g/mol. The van der Waals surface area contributed by atoms with E-state index in [1.807, 2.05) is 49.4 Å². The lowest BCUT2D eigenvalue weighted by molar-refractivity contribution is -0.274. The normalized spacial score (nSPS) is 11.7. The zero-order chi connectivity index (χ0) is 25.4. The third-order valence-corrected chi connectivity index (χ3v) is 5.43. The number of fused-ring (bicyclic) bond motifs is 3. The molecule has 11 heteroatoms. The topological polar surface area (TPSA) is 90.5 Å². The second-order valence-corrected chi connectivity index (χ2v) is 8.07. The first kappa shape index (κ1) is 23.1. The van der Waals surface area contributed by atoms with Crippen LogP contribution in [0.4, 0.5) is 18.9 Å². The quantitative estimate of drug-likeness (QED) is 0.388. The number of nitrogens with one attached hydrogen (secondary N) is 1. The minimum Gasteiger partial charge on any atom is -0.406 e. The van der Waals surface area contributed by atoms with Crippen molar-refractivity contribution in [1.82, 2.24) is 19.2 Å². The zero-order valence-electron chi connectivity index (χ0n) is 18.8. The smallest absolute Gasteiger partial charge is 0.406 e. The Morgan fingerprint density at radius 3 is 2.42 bits per heavy atom. The molecule has 5 rings (SSSR count). The Morgan fingerprint density at radius 1 is 1.00 bits per heavy atom. The van der Waals surface area contributed by atoms with E-state index in [9.17, 15) is 22.8 Å². The second kappa shape index (κ2) is 8.84. The molecular formula is C25H18F3N5O3. The highest BCUT2D eigenvalue weighted by atomic mass is 19.4. The maximum atomic E-state index is 13.4. The number of anilines is 1. The molecule has 0 aliphatic heterocycles. The standard InChI is InChI=1S/C25H18F3N5O3/c1-15-7-12-19-20(13-15)32(14-16-5-3-2-4-6-16)24(35)22-30-21(31-33(19)22)23(34)29-17-8-10-18(11-9-17)36-25(26,27)28/h2-13H,14H2,1H3,(H,29,34). The predicted molar refractivity (Wildman–Crippen MR) is 126 cm³/mol. The van der Waals surface area contributed by atoms with Crippen molar-refractivity contribution in [2.75, 3.05) is 5.32 Å². The summed E-state index contributed by atoms with van der Waals surface area (Å²) < 4.78 is 43.8. The fraction of sp³-hybridized carbons (Fsp3) is 0.120. The van der Waals surface area contributed by atoms with Gasteiger partial charge in [0.1, 0.15) is 5.75 Å². The number of alkyl halides is 3. The molecule has 5 aromatic rings. The molecule has 182 valence electrons. The van der Waals surface area contributed by atoms with Crippen molar-refractivity contribution in [2.24, 2.45) is 0 Å². The van der Waals surface area contributed by atoms with Crippen LogP contribution in [0.5, 0.6) is 5.75 Å². The fourth-order valence-electron chi connectivity index (χ4n) is 3.82. The van der Waals surface area contributed by atoms with E-state index in [4.69, 9.17) is 0 Å². The first-order chi connectivity index (χ1) is 17.2. The molecule has 0 fully saturated rings. The van der Waals surface area contributed by atoms with E-state index in [1.165, 1.54) is 16.6 Å². The van der Waals surface area contributed by atoms with Crippen LogP contribution in [0.25, 0.3) is 16.7 Å². The van der Waals surface area contributed by atoms with E-state index in [1.54, 1.807) is 10.6 Å². The van der Waals surface area contributed by atoms with Crippen molar-refractivity contribution in [1.29, 1.82) is 0 Å². The molecule has 8 nitrogen and oxygen atoms in total. The zero-order valence-corrected chi connectivity index (χ0v) is 18.8. The van der Waals surface area contributed by atoms with Crippen molar-refractivity contribution in [2.45, 2.75) is 19.8 Å². The molecule has 0 saturated carbocycles. The van der Waals surface area contributed by atoms with Crippen LogP contribution in [-0.4, -0.2) is 31.4 Å². The number of nitrogens with zero attached hydrogens (tertiary/aromatic N) is 4. The summed E-state index contributed by atoms with van der Waals surface area (Å²) in [6.07, 6.45) is -4.82. The van der Waals surface area contributed by atoms with Crippen molar-refractivity contribution in [3.05, 3.63) is 100 Å². The van der Waals surface area contributed by atoms with Crippen molar-refractivity contribution in [3.8, 4) is 5.75 Å². The number of hydrogen-bond donors (Lipinski definition) is 1. The Balaban J connectivity index is 1.52. The Labute approximate surface area is 201 Å². The van der Waals surface area contributed by atoms with E-state index in [2.05, 4.69) is 20.1 Å². The van der Waals surface area contributed by atoms with Crippen LogP contribution >= 0.6 is 0 Å². The lowest BCUT2D eigenvalue weighted by Crippen LogP contribution is -2.24. The van der Waals surface area contributed by atoms with Crippen molar-refractivity contribution >= 4 is 28.3 Å². The van der Waals surface area contributed by atoms with Crippen LogP contribution in [0.15, 0.2) is 77.6 Å². The van der Waals surface area contributed by atoms with Crippen LogP contribution in [0.1, 0.15) is 21.7 Å². The summed E-state index contributed by atoms with van der Waals surface area (Å²) in [6.45, 7) is 2.21. The Morgan fingerprint density at radius 2 is 1.72 bits per heavy atom. The van der Waals surface area contributed by atoms with Gasteiger partial charge in [-0.1, -0.05) is 36.4 Å². The first-order valence-electron chi connectivity index (χ1n) is 10.8. The summed E-state index contributed by atoms with van der Waals surface area (Å²) in [5, 5.41) is 6.77. The molecule has 0 atom stereocenters. The van der Waals surface area contributed by atoms with Crippen LogP contribution in [0.2, 0.25) is 0 Å². The van der Waals surface area contributed by atoms with Gasteiger partial charge in [0, 0.05) is 5.69 Å². The third-order valence-electron chi connectivity index (χ3n) is 5.43. The summed E-state index contributed by atoms with van der Waals surface area (Å²) >= 11 is 0. The van der Waals surface area contributed by atoms with E-state index in [0.29, 0.717) is 17.6 Å². The molecule has 0 bridgehead atoms. The lowest BCUT2D eigenvalue weighted by atomic mass is 10.2. The summed E-state index contributed by atoms with van der Waals surface area (Å²) in [4.78, 5) is 30.4. The number of aryl methyl sites for hydroxylation is 1. The molecule has 0 spiro atoms. The summed E-state index contributed by atoms with van der Waals surface area (Å²) in [5.41, 5.74) is 2.84. The third kappa shape index (κ3) is 4.63. The number of aromatic nitrogens is 4. The van der Waals surface area contributed by atoms with Gasteiger partial charge in [0.05, 0.1) is 17.6 Å². The van der Waals surface area contributed by atoms with E-state index in [-0.39, 0.29) is 17.2 Å². The highest BCUT2D eigenvalue weighted by molar-refractivity contribution is 6.02. The number of amides is 1. The molecule has 0 unspecified atom stereocenters. The molecule has 1 amide bonds. The Bertz CT molecular complexity index is 1640. The first-order valence-corrected chi connectivity index (χ1v) is 10.8. The maximum absolute atomic E-state index is 13.4. The van der Waals surface area contributed by atoms with Gasteiger partial charge in [-0.3, -0.25) is 14.2 Å². The van der Waals surface area contributed by atoms with Crippen LogP contribution < -0.4 is 15.6 Å². The SMILES string of the molecule is Cc1ccc2c(c1)n(Cc1ccccc1)c(=O)c1nc(C(=O)Nc3ccc(OC(F)(F)F)cc3)nn12. The predicted octanol–water partition coefficient (Wildman–Crippen LogP) is 4.55. The van der Waals surface area contributed by atoms with Gasteiger partial charge in [-0.2, -0.15) is 4.98 Å². The van der Waals surface area contributed by atoms with Gasteiger partial charge in [-0.05, 0) is 54.4 Å². The summed E-state index contributed by atoms with van der Waals surface area (Å²) in [5.74, 6) is -1.41. The van der Waals surface area contributed by atoms with Gasteiger partial charge in [-0.15, -0.1) is 18.3 Å². The molecule has 2 heterocycles. The van der Waals surface area contributed by atoms with E-state index < -0.39 is 23.6 Å². The van der Waals surface area contributed by atoms with Gasteiger partial charge in [0.25, 0.3) is 11.5 Å². The Kier molecular flexibility index (Phi) is 5.67. The average Bonchev–Trinajstić information content (AvgIpc) is 3.29. The van der Waals surface area contributed by atoms with Crippen LogP contribution in [0, 0.1) is 6.92 Å². The number of rotatable bonds is 5. The molecule has 0 radical (unpaired) electrons. The number of ether oxygens (including phenoxy) is 1. The highest BCUT2D eigenvalue weighted by Gasteiger charge is 2.31. The van der Waals surface area contributed by atoms with Gasteiger partial charge in [0.2, 0.25) is 11.5 Å². The van der Waals surface area contributed by atoms with Crippen LogP contribution in [-0.2, 0) is 6.54 Å². The molecule has 3 aromatic carbocycles. The lowest BCUT2D eigenvalue weighted by Gasteiger charge is -2.12. The minimum atomic E-state index is -4.82. The number of benzene rings is 3. The molecule has 0 aliphatic rings. The number of hydrogen-bond acceptors (Lipinski definition) is 5. The van der Waals surface area contributed by atoms with Gasteiger partial charge >= 0.3 is 6.36 Å². The van der Waals surface area contributed by atoms with Crippen molar-refractivity contribution in [3.63, 3.8) is 0 Å². The average molecular weight is 493 g/mol. The molecule has 2 aromatic heterocycles. The van der Waals surface area contributed by atoms with Crippen LogP contribution in [0.3, 0.4) is 0 Å². The van der Waals surface area contributed by atoms with Gasteiger partial charge in [0.15, 0.2) is 0 Å². The van der Waals surface area contributed by atoms with E-state index in [0.717, 1.165) is 23.3 Å². The maximum Gasteiger partial charge on any atom is 0.573 e. The second-order valence-electron chi connectivity index (χ2n) is 8.07. The summed E-state index contributed by atoms with van der Waals surface area (Å²) in [7, 11) is 0. The van der Waals surface area contributed by atoms with Crippen molar-refractivity contribution < 1.29 is 22.7 Å². The minimum absolute atomic E-state index is 0.0265.